The topological polar surface area (TPSA) is 87.3 Å². The molecule has 0 radical (unpaired) electrons. The Bertz CT molecular complexity index is 422. The number of halogens is 1. The fourth-order valence-electron chi connectivity index (χ4n) is 0.956. The second-order valence-electron chi connectivity index (χ2n) is 2.96. The van der Waals surface area contributed by atoms with Crippen molar-refractivity contribution in [2.75, 3.05) is 4.43 Å². The molecule has 0 saturated carbocycles. The Balaban J connectivity index is 2.42. The number of alkyl halides is 1. The van der Waals surface area contributed by atoms with Gasteiger partial charge < -0.3 is 0 Å². The van der Waals surface area contributed by atoms with E-state index in [9.17, 15) is 14.4 Å². The number of imide groups is 1. The maximum atomic E-state index is 11.5. The summed E-state index contributed by atoms with van der Waals surface area (Å²) >= 11 is 1.84. The Kier molecular flexibility index (Phi) is 5.40. The highest BCUT2D eigenvalue weighted by Crippen LogP contribution is 1.97. The van der Waals surface area contributed by atoms with E-state index in [1.54, 1.807) is 30.3 Å². The van der Waals surface area contributed by atoms with Crippen molar-refractivity contribution in [1.82, 2.24) is 16.2 Å². The summed E-state index contributed by atoms with van der Waals surface area (Å²) in [6, 6.07) is 7.50. The number of hydrazine groups is 1. The third-order valence-electron chi connectivity index (χ3n) is 1.70. The molecule has 1 aromatic carbocycles. The fourth-order valence-corrected chi connectivity index (χ4v) is 1.15. The molecule has 0 fully saturated rings. The molecule has 0 heterocycles. The normalized spacial score (nSPS) is 9.24. The average molecular weight is 347 g/mol. The molecule has 0 aliphatic heterocycles. The van der Waals surface area contributed by atoms with E-state index < -0.39 is 11.9 Å². The van der Waals surface area contributed by atoms with Gasteiger partial charge in [0.25, 0.3) is 5.91 Å². The summed E-state index contributed by atoms with van der Waals surface area (Å²) in [5.74, 6) is -0.889. The van der Waals surface area contributed by atoms with Crippen molar-refractivity contribution in [3.05, 3.63) is 35.9 Å². The molecule has 17 heavy (non-hydrogen) atoms. The number of hydrogen-bond acceptors (Lipinski definition) is 3. The molecular formula is C10H10IN3O3. The number of benzene rings is 1. The molecule has 0 saturated heterocycles. The summed E-state index contributed by atoms with van der Waals surface area (Å²) in [5.41, 5.74) is 4.55. The zero-order chi connectivity index (χ0) is 12.7. The summed E-state index contributed by atoms with van der Waals surface area (Å²) in [7, 11) is 0. The minimum atomic E-state index is -0.781. The molecule has 0 bridgehead atoms. The highest BCUT2D eigenvalue weighted by atomic mass is 127. The molecule has 0 spiro atoms. The highest BCUT2D eigenvalue weighted by Gasteiger charge is 2.09. The summed E-state index contributed by atoms with van der Waals surface area (Å²) < 4.78 is 0.213. The summed E-state index contributed by atoms with van der Waals surface area (Å²) in [6.07, 6.45) is 0. The Morgan fingerprint density at radius 3 is 2.29 bits per heavy atom. The number of nitrogens with one attached hydrogen (secondary N) is 3. The second-order valence-corrected chi connectivity index (χ2v) is 3.72. The monoisotopic (exact) mass is 347 g/mol. The van der Waals surface area contributed by atoms with E-state index in [-0.39, 0.29) is 10.3 Å². The van der Waals surface area contributed by atoms with Gasteiger partial charge in [-0.05, 0) is 12.1 Å². The zero-order valence-corrected chi connectivity index (χ0v) is 10.9. The van der Waals surface area contributed by atoms with Gasteiger partial charge in [0, 0.05) is 5.56 Å². The quantitative estimate of drug-likeness (QED) is 0.416. The van der Waals surface area contributed by atoms with Crippen molar-refractivity contribution in [1.29, 1.82) is 0 Å². The standard InChI is InChI=1S/C10H10IN3O3/c11-6-8(15)13-14-10(17)12-9(16)7-4-2-1-3-5-7/h1-5H,6H2,(H,13,15)(H2,12,14,16,17). The Morgan fingerprint density at radius 2 is 1.71 bits per heavy atom. The molecule has 90 valence electrons. The van der Waals surface area contributed by atoms with Crippen molar-refractivity contribution in [3.63, 3.8) is 0 Å². The van der Waals surface area contributed by atoms with E-state index in [4.69, 9.17) is 0 Å². The largest absolute Gasteiger partial charge is 0.340 e. The van der Waals surface area contributed by atoms with Crippen LogP contribution in [0.25, 0.3) is 0 Å². The van der Waals surface area contributed by atoms with Crippen LogP contribution in [0, 0.1) is 0 Å². The van der Waals surface area contributed by atoms with E-state index in [2.05, 4.69) is 16.2 Å². The number of hydrogen-bond donors (Lipinski definition) is 3. The van der Waals surface area contributed by atoms with Crippen molar-refractivity contribution in [2.24, 2.45) is 0 Å². The highest BCUT2D eigenvalue weighted by molar-refractivity contribution is 14.1. The zero-order valence-electron chi connectivity index (χ0n) is 8.70. The number of carbonyl (C=O) groups is 3. The van der Waals surface area contributed by atoms with Crippen LogP contribution in [0.1, 0.15) is 10.4 Å². The molecule has 0 aromatic heterocycles. The summed E-state index contributed by atoms with van der Waals surface area (Å²) in [6.45, 7) is 0. The third-order valence-corrected chi connectivity index (χ3v) is 2.39. The molecule has 6 nitrogen and oxygen atoms in total. The van der Waals surface area contributed by atoms with E-state index in [0.717, 1.165) is 0 Å². The molecule has 7 heteroatoms. The van der Waals surface area contributed by atoms with Gasteiger partial charge in [-0.2, -0.15) is 0 Å². The van der Waals surface area contributed by atoms with Gasteiger partial charge in [-0.15, -0.1) is 0 Å². The van der Waals surface area contributed by atoms with Crippen LogP contribution in [0.2, 0.25) is 0 Å². The van der Waals surface area contributed by atoms with E-state index >= 15 is 0 Å². The minimum Gasteiger partial charge on any atom is -0.273 e. The number of rotatable bonds is 2. The SMILES string of the molecule is O=C(CI)NNC(=O)NC(=O)c1ccccc1. The van der Waals surface area contributed by atoms with Gasteiger partial charge in [0.05, 0.1) is 4.43 Å². The van der Waals surface area contributed by atoms with Crippen molar-refractivity contribution >= 4 is 40.4 Å². The first-order valence-electron chi connectivity index (χ1n) is 4.64. The van der Waals surface area contributed by atoms with Gasteiger partial charge in [-0.1, -0.05) is 40.8 Å². The lowest BCUT2D eigenvalue weighted by Crippen LogP contribution is -2.48. The van der Waals surface area contributed by atoms with Crippen LogP contribution in [0.5, 0.6) is 0 Å². The Labute approximate surface area is 111 Å². The molecule has 1 aromatic rings. The first kappa shape index (κ1) is 13.4. The van der Waals surface area contributed by atoms with Gasteiger partial charge in [0.15, 0.2) is 0 Å². The van der Waals surface area contributed by atoms with Crippen LogP contribution in [0.15, 0.2) is 30.3 Å². The predicted molar refractivity (Wildman–Crippen MR) is 69.5 cm³/mol. The second kappa shape index (κ2) is 6.84. The molecule has 3 N–H and O–H groups in total. The molecular weight excluding hydrogens is 337 g/mol. The van der Waals surface area contributed by atoms with Crippen molar-refractivity contribution in [2.45, 2.75) is 0 Å². The van der Waals surface area contributed by atoms with Gasteiger partial charge >= 0.3 is 6.03 Å². The Morgan fingerprint density at radius 1 is 1.06 bits per heavy atom. The van der Waals surface area contributed by atoms with E-state index in [1.807, 2.05) is 22.6 Å². The first-order valence-corrected chi connectivity index (χ1v) is 6.17. The van der Waals surface area contributed by atoms with Crippen LogP contribution in [-0.4, -0.2) is 22.3 Å². The fraction of sp³-hybridized carbons (Fsp3) is 0.100. The maximum absolute atomic E-state index is 11.5. The van der Waals surface area contributed by atoms with E-state index in [0.29, 0.717) is 5.56 Å². The molecule has 0 unspecified atom stereocenters. The van der Waals surface area contributed by atoms with Crippen LogP contribution < -0.4 is 16.2 Å². The van der Waals surface area contributed by atoms with Gasteiger partial charge in [-0.25, -0.2) is 10.2 Å². The molecule has 4 amide bonds. The smallest absolute Gasteiger partial charge is 0.273 e. The van der Waals surface area contributed by atoms with Crippen LogP contribution in [-0.2, 0) is 4.79 Å². The Hall–Kier alpha value is -1.64. The van der Waals surface area contributed by atoms with Crippen molar-refractivity contribution < 1.29 is 14.4 Å². The van der Waals surface area contributed by atoms with Crippen LogP contribution >= 0.6 is 22.6 Å². The van der Waals surface area contributed by atoms with Crippen LogP contribution in [0.4, 0.5) is 4.79 Å². The lowest BCUT2D eigenvalue weighted by atomic mass is 10.2. The van der Waals surface area contributed by atoms with Gasteiger partial charge in [-0.3, -0.25) is 20.3 Å². The van der Waals surface area contributed by atoms with E-state index in [1.165, 1.54) is 0 Å². The van der Waals surface area contributed by atoms with Gasteiger partial charge in [0.2, 0.25) is 5.91 Å². The minimum absolute atomic E-state index is 0.213. The maximum Gasteiger partial charge on any atom is 0.340 e. The molecule has 0 atom stereocenters. The molecule has 0 aliphatic carbocycles. The predicted octanol–water partition coefficient (Wildman–Crippen LogP) is 0.592. The van der Waals surface area contributed by atoms with Gasteiger partial charge in [0.1, 0.15) is 0 Å². The van der Waals surface area contributed by atoms with Crippen LogP contribution in [0.3, 0.4) is 0 Å². The third kappa shape index (κ3) is 4.81. The number of urea groups is 1. The van der Waals surface area contributed by atoms with Crippen molar-refractivity contribution in [3.8, 4) is 0 Å². The lowest BCUT2D eigenvalue weighted by molar-refractivity contribution is -0.119. The summed E-state index contributed by atoms with van der Waals surface area (Å²) in [4.78, 5) is 33.5. The number of amides is 4. The summed E-state index contributed by atoms with van der Waals surface area (Å²) in [5, 5.41) is 2.07. The number of carbonyl (C=O) groups excluding carboxylic acids is 3. The first-order chi connectivity index (χ1) is 8.13. The lowest BCUT2D eigenvalue weighted by Gasteiger charge is -2.06. The molecule has 1 rings (SSSR count). The molecule has 0 aliphatic rings. The average Bonchev–Trinajstić information content (AvgIpc) is 2.36.